The number of thiazole rings is 1. The van der Waals surface area contributed by atoms with Crippen LogP contribution >= 0.6 is 11.3 Å². The van der Waals surface area contributed by atoms with E-state index in [0.29, 0.717) is 6.04 Å². The summed E-state index contributed by atoms with van der Waals surface area (Å²) >= 11 is 1.46. The number of carboxylic acids is 1. The van der Waals surface area contributed by atoms with Crippen molar-refractivity contribution in [1.29, 1.82) is 0 Å². The van der Waals surface area contributed by atoms with Gasteiger partial charge < -0.3 is 10.4 Å². The molecule has 5 heteroatoms. The normalized spacial score (nSPS) is 17.5. The van der Waals surface area contributed by atoms with E-state index < -0.39 is 11.9 Å². The zero-order valence-corrected chi connectivity index (χ0v) is 9.60. The van der Waals surface area contributed by atoms with E-state index in [4.69, 9.17) is 5.11 Å². The smallest absolute Gasteiger partial charge is 0.311 e. The van der Waals surface area contributed by atoms with Crippen LogP contribution in [0.4, 0.5) is 5.13 Å². The van der Waals surface area contributed by atoms with Crippen molar-refractivity contribution in [2.75, 3.05) is 5.32 Å². The maximum absolute atomic E-state index is 10.9. The van der Waals surface area contributed by atoms with Crippen molar-refractivity contribution in [3.05, 3.63) is 10.6 Å². The van der Waals surface area contributed by atoms with Crippen LogP contribution in [0.25, 0.3) is 0 Å². The SMILES string of the molecule is Cc1nc(NC2CC2)sc1C(C)C(=O)O. The first-order valence-electron chi connectivity index (χ1n) is 5.04. The number of aromatic nitrogens is 1. The molecule has 2 rings (SSSR count). The fraction of sp³-hybridized carbons (Fsp3) is 0.600. The maximum Gasteiger partial charge on any atom is 0.311 e. The Bertz CT molecular complexity index is 385. The lowest BCUT2D eigenvalue weighted by Crippen LogP contribution is -2.06. The minimum Gasteiger partial charge on any atom is -0.481 e. The van der Waals surface area contributed by atoms with Gasteiger partial charge in [0.2, 0.25) is 0 Å². The van der Waals surface area contributed by atoms with Crippen LogP contribution in [0.5, 0.6) is 0 Å². The monoisotopic (exact) mass is 226 g/mol. The number of rotatable bonds is 4. The lowest BCUT2D eigenvalue weighted by molar-refractivity contribution is -0.138. The van der Waals surface area contributed by atoms with Gasteiger partial charge in [-0.2, -0.15) is 0 Å². The predicted octanol–water partition coefficient (Wildman–Crippen LogP) is 2.21. The number of nitrogens with zero attached hydrogens (tertiary/aromatic N) is 1. The summed E-state index contributed by atoms with van der Waals surface area (Å²) in [6.07, 6.45) is 2.39. The second-order valence-electron chi connectivity index (χ2n) is 3.95. The molecule has 1 aliphatic carbocycles. The van der Waals surface area contributed by atoms with Gasteiger partial charge in [-0.05, 0) is 26.7 Å². The number of carbonyl (C=O) groups is 1. The van der Waals surface area contributed by atoms with Crippen LogP contribution in [0, 0.1) is 6.92 Å². The molecule has 1 aliphatic rings. The molecule has 15 heavy (non-hydrogen) atoms. The third-order valence-corrected chi connectivity index (χ3v) is 3.77. The summed E-state index contributed by atoms with van der Waals surface area (Å²) in [6.45, 7) is 3.56. The predicted molar refractivity (Wildman–Crippen MR) is 59.5 cm³/mol. The third kappa shape index (κ3) is 2.28. The summed E-state index contributed by atoms with van der Waals surface area (Å²) in [4.78, 5) is 16.0. The molecule has 0 aliphatic heterocycles. The van der Waals surface area contributed by atoms with E-state index in [2.05, 4.69) is 10.3 Å². The van der Waals surface area contributed by atoms with E-state index in [1.807, 2.05) is 6.92 Å². The van der Waals surface area contributed by atoms with Crippen LogP contribution in [-0.2, 0) is 4.79 Å². The first-order valence-corrected chi connectivity index (χ1v) is 5.86. The second kappa shape index (κ2) is 3.81. The number of aryl methyl sites for hydroxylation is 1. The van der Waals surface area contributed by atoms with Crippen LogP contribution in [0.15, 0.2) is 0 Å². The van der Waals surface area contributed by atoms with E-state index in [9.17, 15) is 4.79 Å². The molecule has 0 radical (unpaired) electrons. The van der Waals surface area contributed by atoms with Crippen LogP contribution in [0.1, 0.15) is 36.3 Å². The van der Waals surface area contributed by atoms with Crippen LogP contribution in [0.2, 0.25) is 0 Å². The molecule has 0 spiro atoms. The number of hydrogen-bond acceptors (Lipinski definition) is 4. The molecule has 1 saturated carbocycles. The van der Waals surface area contributed by atoms with Crippen LogP contribution < -0.4 is 5.32 Å². The summed E-state index contributed by atoms with van der Waals surface area (Å²) < 4.78 is 0. The minimum atomic E-state index is -0.792. The number of nitrogens with one attached hydrogen (secondary N) is 1. The summed E-state index contributed by atoms with van der Waals surface area (Å²) in [5, 5.41) is 13.1. The quantitative estimate of drug-likeness (QED) is 0.826. The number of hydrogen-bond donors (Lipinski definition) is 2. The fourth-order valence-corrected chi connectivity index (χ4v) is 2.47. The summed E-state index contributed by atoms with van der Waals surface area (Å²) in [5.74, 6) is -1.25. The van der Waals surface area contributed by atoms with Crippen molar-refractivity contribution in [3.63, 3.8) is 0 Å². The Labute approximate surface area is 92.3 Å². The molecule has 0 saturated heterocycles. The molecule has 1 heterocycles. The highest BCUT2D eigenvalue weighted by Crippen LogP contribution is 2.32. The van der Waals surface area contributed by atoms with Gasteiger partial charge >= 0.3 is 5.97 Å². The lowest BCUT2D eigenvalue weighted by atomic mass is 10.1. The molecule has 1 fully saturated rings. The Morgan fingerprint density at radius 1 is 1.67 bits per heavy atom. The molecule has 0 bridgehead atoms. The van der Waals surface area contributed by atoms with Crippen molar-refractivity contribution in [2.45, 2.75) is 38.6 Å². The summed E-state index contributed by atoms with van der Waals surface area (Å²) in [6, 6.07) is 0.559. The zero-order valence-electron chi connectivity index (χ0n) is 8.78. The largest absolute Gasteiger partial charge is 0.481 e. The van der Waals surface area contributed by atoms with Gasteiger partial charge in [0.1, 0.15) is 0 Å². The van der Waals surface area contributed by atoms with E-state index in [1.54, 1.807) is 6.92 Å². The Kier molecular flexibility index (Phi) is 2.65. The first-order chi connectivity index (χ1) is 7.08. The minimum absolute atomic E-state index is 0.461. The van der Waals surface area contributed by atoms with Gasteiger partial charge in [0.15, 0.2) is 5.13 Å². The molecule has 1 atom stereocenters. The average molecular weight is 226 g/mol. The lowest BCUT2D eigenvalue weighted by Gasteiger charge is -2.02. The van der Waals surface area contributed by atoms with E-state index in [0.717, 1.165) is 15.7 Å². The summed E-state index contributed by atoms with van der Waals surface area (Å²) in [5.41, 5.74) is 0.832. The van der Waals surface area contributed by atoms with Crippen molar-refractivity contribution in [2.24, 2.45) is 0 Å². The number of carboxylic acid groups (broad SMARTS) is 1. The topological polar surface area (TPSA) is 62.2 Å². The van der Waals surface area contributed by atoms with Crippen molar-refractivity contribution >= 4 is 22.4 Å². The van der Waals surface area contributed by atoms with Gasteiger partial charge in [0.05, 0.1) is 11.6 Å². The highest BCUT2D eigenvalue weighted by Gasteiger charge is 2.24. The Morgan fingerprint density at radius 3 is 2.87 bits per heavy atom. The maximum atomic E-state index is 10.9. The van der Waals surface area contributed by atoms with Gasteiger partial charge in [-0.15, -0.1) is 11.3 Å². The Hall–Kier alpha value is -1.10. The van der Waals surface area contributed by atoms with Gasteiger partial charge in [-0.3, -0.25) is 4.79 Å². The molecule has 0 amide bonds. The van der Waals surface area contributed by atoms with Crippen molar-refractivity contribution in [1.82, 2.24) is 4.98 Å². The van der Waals surface area contributed by atoms with Crippen LogP contribution in [-0.4, -0.2) is 22.1 Å². The van der Waals surface area contributed by atoms with E-state index >= 15 is 0 Å². The van der Waals surface area contributed by atoms with Crippen LogP contribution in [0.3, 0.4) is 0 Å². The molecule has 1 aromatic heterocycles. The Balaban J connectivity index is 2.16. The van der Waals surface area contributed by atoms with Gasteiger partial charge in [0.25, 0.3) is 0 Å². The molecule has 2 N–H and O–H groups in total. The first kappa shape index (κ1) is 10.4. The molecule has 4 nitrogen and oxygen atoms in total. The standard InChI is InChI=1S/C10H14N2O2S/c1-5(9(13)14)8-6(2)11-10(15-8)12-7-3-4-7/h5,7H,3-4H2,1-2H3,(H,11,12)(H,13,14). The molecule has 1 unspecified atom stereocenters. The summed E-state index contributed by atoms with van der Waals surface area (Å²) in [7, 11) is 0. The Morgan fingerprint density at radius 2 is 2.33 bits per heavy atom. The second-order valence-corrected chi connectivity index (χ2v) is 4.98. The fourth-order valence-electron chi connectivity index (χ4n) is 1.39. The van der Waals surface area contributed by atoms with Gasteiger partial charge in [-0.1, -0.05) is 0 Å². The molecule has 1 aromatic rings. The molecule has 0 aromatic carbocycles. The number of aliphatic carboxylic acids is 1. The highest BCUT2D eigenvalue weighted by atomic mass is 32.1. The van der Waals surface area contributed by atoms with E-state index in [1.165, 1.54) is 24.2 Å². The highest BCUT2D eigenvalue weighted by molar-refractivity contribution is 7.15. The molecular formula is C10H14N2O2S. The zero-order chi connectivity index (χ0) is 11.0. The van der Waals surface area contributed by atoms with E-state index in [-0.39, 0.29) is 0 Å². The molecule has 82 valence electrons. The molecular weight excluding hydrogens is 212 g/mol. The average Bonchev–Trinajstić information content (AvgIpc) is 2.89. The third-order valence-electron chi connectivity index (χ3n) is 2.50. The van der Waals surface area contributed by atoms with Crippen molar-refractivity contribution in [3.8, 4) is 0 Å². The van der Waals surface area contributed by atoms with Gasteiger partial charge in [0, 0.05) is 10.9 Å². The van der Waals surface area contributed by atoms with Gasteiger partial charge in [-0.25, -0.2) is 4.98 Å². The van der Waals surface area contributed by atoms with Crippen molar-refractivity contribution < 1.29 is 9.90 Å². The number of anilines is 1.